The van der Waals surface area contributed by atoms with Crippen LogP contribution in [0.3, 0.4) is 0 Å². The van der Waals surface area contributed by atoms with Crippen LogP contribution in [0, 0.1) is 0 Å². The Kier molecular flexibility index (Phi) is 1.06. The number of hydrogen-bond donors (Lipinski definition) is 1. The normalized spacial score (nSPS) is 47.0. The van der Waals surface area contributed by atoms with Gasteiger partial charge in [0.15, 0.2) is 0 Å². The smallest absolute Gasteiger partial charge is 0.117 e. The predicted octanol–water partition coefficient (Wildman–Crippen LogP) is -0.463. The van der Waals surface area contributed by atoms with E-state index in [2.05, 4.69) is 0 Å². The molecule has 2 heterocycles. The minimum atomic E-state index is -0.193. The number of hydrogen-bond acceptors (Lipinski definition) is 3. The molecule has 2 unspecified atom stereocenters. The molecule has 2 atom stereocenters. The molecule has 0 saturated carbocycles. The number of aliphatic hydroxyl groups excluding tert-OH is 1. The van der Waals surface area contributed by atoms with Gasteiger partial charge in [-0.1, -0.05) is 0 Å². The van der Waals surface area contributed by atoms with E-state index in [0.717, 1.165) is 13.0 Å². The van der Waals surface area contributed by atoms with Gasteiger partial charge in [0, 0.05) is 6.42 Å². The Labute approximate surface area is 53.6 Å². The zero-order valence-electron chi connectivity index (χ0n) is 5.17. The van der Waals surface area contributed by atoms with Crippen molar-refractivity contribution in [1.82, 2.24) is 0 Å². The van der Waals surface area contributed by atoms with E-state index < -0.39 is 0 Å². The fourth-order valence-corrected chi connectivity index (χ4v) is 0.977. The third-order valence-corrected chi connectivity index (χ3v) is 1.84. The van der Waals surface area contributed by atoms with Gasteiger partial charge >= 0.3 is 0 Å². The van der Waals surface area contributed by atoms with Gasteiger partial charge in [0.2, 0.25) is 0 Å². The maximum Gasteiger partial charge on any atom is 0.117 e. The minimum absolute atomic E-state index is 0.146. The summed E-state index contributed by atoms with van der Waals surface area (Å²) in [6.07, 6.45) is 1.25. The van der Waals surface area contributed by atoms with Crippen LogP contribution in [-0.2, 0) is 9.47 Å². The Bertz CT molecular complexity index is 115. The third kappa shape index (κ3) is 1.08. The molecule has 2 rings (SSSR count). The summed E-state index contributed by atoms with van der Waals surface area (Å²) in [6.45, 7) is 1.71. The van der Waals surface area contributed by atoms with Crippen molar-refractivity contribution < 1.29 is 14.6 Å². The predicted molar refractivity (Wildman–Crippen MR) is 30.1 cm³/mol. The highest BCUT2D eigenvalue weighted by Gasteiger charge is 2.48. The first kappa shape index (κ1) is 5.65. The summed E-state index contributed by atoms with van der Waals surface area (Å²) < 4.78 is 10.1. The van der Waals surface area contributed by atoms with Crippen LogP contribution in [0.1, 0.15) is 6.42 Å². The Balaban J connectivity index is 1.81. The van der Waals surface area contributed by atoms with Gasteiger partial charge in [0.25, 0.3) is 0 Å². The van der Waals surface area contributed by atoms with Crippen molar-refractivity contribution in [3.8, 4) is 0 Å². The van der Waals surface area contributed by atoms with Crippen molar-refractivity contribution >= 4 is 0 Å². The molecule has 0 aliphatic carbocycles. The summed E-state index contributed by atoms with van der Waals surface area (Å²) in [5.74, 6) is 0. The Morgan fingerprint density at radius 1 is 1.67 bits per heavy atom. The molecule has 0 bridgehead atoms. The summed E-state index contributed by atoms with van der Waals surface area (Å²) in [5, 5.41) is 8.75. The maximum atomic E-state index is 8.75. The van der Waals surface area contributed by atoms with Crippen molar-refractivity contribution in [2.45, 2.75) is 18.1 Å². The maximum absolute atomic E-state index is 8.75. The zero-order chi connectivity index (χ0) is 6.32. The Hall–Kier alpha value is -0.120. The SMILES string of the molecule is OCC1(CC2CO2)CO1. The van der Waals surface area contributed by atoms with Gasteiger partial charge in [0.1, 0.15) is 5.60 Å². The summed E-state index contributed by atoms with van der Waals surface area (Å²) in [4.78, 5) is 0. The second kappa shape index (κ2) is 1.68. The lowest BCUT2D eigenvalue weighted by molar-refractivity contribution is 0.155. The van der Waals surface area contributed by atoms with Crippen LogP contribution in [0.4, 0.5) is 0 Å². The summed E-state index contributed by atoms with van der Waals surface area (Å²) in [7, 11) is 0. The quantitative estimate of drug-likeness (QED) is 0.525. The molecule has 2 fully saturated rings. The first-order valence-electron chi connectivity index (χ1n) is 3.21. The third-order valence-electron chi connectivity index (χ3n) is 1.84. The standard InChI is InChI=1S/C6H10O3/c7-3-6(4-9-6)1-5-2-8-5/h5,7H,1-4H2. The number of epoxide rings is 2. The first-order chi connectivity index (χ1) is 4.35. The van der Waals surface area contributed by atoms with E-state index in [4.69, 9.17) is 14.6 Å². The van der Waals surface area contributed by atoms with Gasteiger partial charge in [0.05, 0.1) is 25.9 Å². The summed E-state index contributed by atoms with van der Waals surface area (Å²) in [6, 6.07) is 0. The molecule has 0 spiro atoms. The second-order valence-electron chi connectivity index (χ2n) is 2.79. The molecule has 3 heteroatoms. The van der Waals surface area contributed by atoms with Crippen LogP contribution in [0.15, 0.2) is 0 Å². The van der Waals surface area contributed by atoms with E-state index in [1.165, 1.54) is 0 Å². The molecule has 2 saturated heterocycles. The van der Waals surface area contributed by atoms with E-state index in [1.807, 2.05) is 0 Å². The van der Waals surface area contributed by atoms with Crippen LogP contribution < -0.4 is 0 Å². The van der Waals surface area contributed by atoms with Crippen molar-refractivity contribution in [3.63, 3.8) is 0 Å². The van der Waals surface area contributed by atoms with E-state index in [1.54, 1.807) is 0 Å². The average molecular weight is 130 g/mol. The zero-order valence-corrected chi connectivity index (χ0v) is 5.17. The summed E-state index contributed by atoms with van der Waals surface area (Å²) >= 11 is 0. The molecule has 52 valence electrons. The lowest BCUT2D eigenvalue weighted by Gasteiger charge is -2.02. The number of ether oxygens (including phenoxy) is 2. The molecule has 3 nitrogen and oxygen atoms in total. The highest BCUT2D eigenvalue weighted by Crippen LogP contribution is 2.35. The average Bonchev–Trinajstić information content (AvgIpc) is 2.68. The van der Waals surface area contributed by atoms with E-state index in [9.17, 15) is 0 Å². The van der Waals surface area contributed by atoms with E-state index >= 15 is 0 Å². The van der Waals surface area contributed by atoms with Crippen molar-refractivity contribution in [3.05, 3.63) is 0 Å². The fourth-order valence-electron chi connectivity index (χ4n) is 0.977. The molecule has 2 aliphatic heterocycles. The van der Waals surface area contributed by atoms with E-state index in [0.29, 0.717) is 12.7 Å². The van der Waals surface area contributed by atoms with Crippen LogP contribution in [0.25, 0.3) is 0 Å². The highest BCUT2D eigenvalue weighted by molar-refractivity contribution is 4.96. The molecule has 0 aromatic carbocycles. The van der Waals surface area contributed by atoms with Crippen LogP contribution >= 0.6 is 0 Å². The monoisotopic (exact) mass is 130 g/mol. The highest BCUT2D eigenvalue weighted by atomic mass is 16.6. The molecule has 2 aliphatic rings. The van der Waals surface area contributed by atoms with Crippen molar-refractivity contribution in [1.29, 1.82) is 0 Å². The Morgan fingerprint density at radius 2 is 2.33 bits per heavy atom. The molecule has 1 N–H and O–H groups in total. The lowest BCUT2D eigenvalue weighted by Crippen LogP contribution is -2.18. The molecule has 9 heavy (non-hydrogen) atoms. The lowest BCUT2D eigenvalue weighted by atomic mass is 10.1. The van der Waals surface area contributed by atoms with Crippen LogP contribution in [0.5, 0.6) is 0 Å². The van der Waals surface area contributed by atoms with Gasteiger partial charge in [-0.15, -0.1) is 0 Å². The molecular formula is C6H10O3. The minimum Gasteiger partial charge on any atom is -0.393 e. The molecular weight excluding hydrogens is 120 g/mol. The number of rotatable bonds is 3. The second-order valence-corrected chi connectivity index (χ2v) is 2.79. The first-order valence-corrected chi connectivity index (χ1v) is 3.21. The van der Waals surface area contributed by atoms with Crippen molar-refractivity contribution in [2.24, 2.45) is 0 Å². The molecule has 0 aromatic rings. The van der Waals surface area contributed by atoms with Crippen LogP contribution in [-0.4, -0.2) is 36.6 Å². The van der Waals surface area contributed by atoms with Gasteiger partial charge in [-0.2, -0.15) is 0 Å². The molecule has 0 aromatic heterocycles. The van der Waals surface area contributed by atoms with Gasteiger partial charge in [-0.3, -0.25) is 0 Å². The van der Waals surface area contributed by atoms with Gasteiger partial charge in [-0.05, 0) is 0 Å². The molecule has 0 amide bonds. The van der Waals surface area contributed by atoms with Crippen LogP contribution in [0.2, 0.25) is 0 Å². The fraction of sp³-hybridized carbons (Fsp3) is 1.00. The molecule has 0 radical (unpaired) electrons. The van der Waals surface area contributed by atoms with Gasteiger partial charge in [-0.25, -0.2) is 0 Å². The number of aliphatic hydroxyl groups is 1. The van der Waals surface area contributed by atoms with Crippen molar-refractivity contribution in [2.75, 3.05) is 19.8 Å². The topological polar surface area (TPSA) is 45.3 Å². The Morgan fingerprint density at radius 3 is 2.67 bits per heavy atom. The largest absolute Gasteiger partial charge is 0.393 e. The summed E-state index contributed by atoms with van der Waals surface area (Å²) in [5.41, 5.74) is -0.193. The van der Waals surface area contributed by atoms with Gasteiger partial charge < -0.3 is 14.6 Å². The van der Waals surface area contributed by atoms with E-state index in [-0.39, 0.29) is 12.2 Å².